The maximum atomic E-state index is 12.7. The highest BCUT2D eigenvalue weighted by molar-refractivity contribution is 5.82. The molecule has 1 fully saturated rings. The molecule has 0 saturated carbocycles. The van der Waals surface area contributed by atoms with E-state index in [1.54, 1.807) is 4.90 Å². The van der Waals surface area contributed by atoms with Crippen LogP contribution < -0.4 is 5.32 Å². The summed E-state index contributed by atoms with van der Waals surface area (Å²) in [6, 6.07) is -0.198. The number of H-pyrrole nitrogens is 1. The van der Waals surface area contributed by atoms with Gasteiger partial charge in [0, 0.05) is 6.54 Å². The predicted octanol–water partition coefficient (Wildman–Crippen LogP) is 0.0813. The fourth-order valence-electron chi connectivity index (χ4n) is 2.37. The van der Waals surface area contributed by atoms with Crippen LogP contribution in [-0.4, -0.2) is 57.2 Å². The standard InChI is InChI=1S/C12H22N6O2/c1-4-13-9(7-8(2)3)11(19)18-5-6-20-12(18)10-14-16-17-15-10/h8-9,12-13H,4-7H2,1-3H3,(H,14,15,16,17). The molecule has 0 bridgehead atoms. The number of tetrazole rings is 1. The number of ether oxygens (including phenoxy) is 1. The summed E-state index contributed by atoms with van der Waals surface area (Å²) in [4.78, 5) is 14.4. The van der Waals surface area contributed by atoms with E-state index in [0.29, 0.717) is 24.9 Å². The van der Waals surface area contributed by atoms with Crippen molar-refractivity contribution < 1.29 is 9.53 Å². The summed E-state index contributed by atoms with van der Waals surface area (Å²) in [6.45, 7) is 8.01. The topological polar surface area (TPSA) is 96.0 Å². The van der Waals surface area contributed by atoms with Gasteiger partial charge in [-0.25, -0.2) is 0 Å². The molecule has 0 spiro atoms. The van der Waals surface area contributed by atoms with Gasteiger partial charge in [-0.05, 0) is 24.1 Å². The van der Waals surface area contributed by atoms with Gasteiger partial charge in [-0.1, -0.05) is 20.8 Å². The van der Waals surface area contributed by atoms with E-state index >= 15 is 0 Å². The third kappa shape index (κ3) is 3.31. The first-order chi connectivity index (χ1) is 9.63. The van der Waals surface area contributed by atoms with Crippen LogP contribution in [-0.2, 0) is 9.53 Å². The molecule has 8 heteroatoms. The Labute approximate surface area is 118 Å². The van der Waals surface area contributed by atoms with E-state index in [0.717, 1.165) is 13.0 Å². The van der Waals surface area contributed by atoms with Gasteiger partial charge < -0.3 is 15.0 Å². The van der Waals surface area contributed by atoms with E-state index in [-0.39, 0.29) is 11.9 Å². The quantitative estimate of drug-likeness (QED) is 0.767. The first kappa shape index (κ1) is 14.9. The number of carbonyl (C=O) groups excluding carboxylic acids is 1. The summed E-state index contributed by atoms with van der Waals surface area (Å²) in [5.74, 6) is 0.874. The Hall–Kier alpha value is -1.54. The third-order valence-electron chi connectivity index (χ3n) is 3.21. The van der Waals surface area contributed by atoms with Crippen LogP contribution >= 0.6 is 0 Å². The fraction of sp³-hybridized carbons (Fsp3) is 0.833. The molecule has 1 aromatic rings. The molecule has 2 unspecified atom stereocenters. The zero-order valence-electron chi connectivity index (χ0n) is 12.2. The lowest BCUT2D eigenvalue weighted by Gasteiger charge is -2.27. The second-order valence-electron chi connectivity index (χ2n) is 5.26. The highest BCUT2D eigenvalue weighted by Crippen LogP contribution is 2.25. The van der Waals surface area contributed by atoms with Crippen molar-refractivity contribution in [3.05, 3.63) is 5.82 Å². The van der Waals surface area contributed by atoms with Gasteiger partial charge in [0.15, 0.2) is 6.23 Å². The smallest absolute Gasteiger partial charge is 0.242 e. The largest absolute Gasteiger partial charge is 0.349 e. The number of nitrogens with one attached hydrogen (secondary N) is 2. The Bertz CT molecular complexity index is 422. The van der Waals surface area contributed by atoms with E-state index in [9.17, 15) is 4.79 Å². The molecule has 20 heavy (non-hydrogen) atoms. The summed E-state index contributed by atoms with van der Waals surface area (Å²) in [5, 5.41) is 17.0. The predicted molar refractivity (Wildman–Crippen MR) is 71.5 cm³/mol. The van der Waals surface area contributed by atoms with Crippen LogP contribution in [0.2, 0.25) is 0 Å². The van der Waals surface area contributed by atoms with E-state index in [4.69, 9.17) is 4.74 Å². The first-order valence-electron chi connectivity index (χ1n) is 7.02. The molecule has 0 radical (unpaired) electrons. The Kier molecular flexibility index (Phi) is 5.02. The first-order valence-corrected chi connectivity index (χ1v) is 7.02. The average Bonchev–Trinajstić information content (AvgIpc) is 3.07. The van der Waals surface area contributed by atoms with Crippen molar-refractivity contribution in [1.82, 2.24) is 30.8 Å². The zero-order valence-corrected chi connectivity index (χ0v) is 12.2. The van der Waals surface area contributed by atoms with Crippen LogP contribution in [0.4, 0.5) is 0 Å². The number of amides is 1. The zero-order chi connectivity index (χ0) is 14.5. The van der Waals surface area contributed by atoms with Crippen molar-refractivity contribution in [2.75, 3.05) is 19.7 Å². The maximum absolute atomic E-state index is 12.7. The number of aromatic amines is 1. The molecule has 0 aromatic carbocycles. The molecule has 2 heterocycles. The summed E-state index contributed by atoms with van der Waals surface area (Å²) in [6.07, 6.45) is 0.261. The van der Waals surface area contributed by atoms with Crippen molar-refractivity contribution >= 4 is 5.91 Å². The van der Waals surface area contributed by atoms with Gasteiger partial charge in [-0.3, -0.25) is 4.79 Å². The number of hydrogen-bond acceptors (Lipinski definition) is 6. The Balaban J connectivity index is 2.09. The van der Waals surface area contributed by atoms with E-state index < -0.39 is 6.23 Å². The molecular formula is C12H22N6O2. The van der Waals surface area contributed by atoms with E-state index in [2.05, 4.69) is 39.8 Å². The monoisotopic (exact) mass is 282 g/mol. The number of rotatable bonds is 6. The van der Waals surface area contributed by atoms with Gasteiger partial charge in [-0.15, -0.1) is 10.2 Å². The van der Waals surface area contributed by atoms with Crippen molar-refractivity contribution in [1.29, 1.82) is 0 Å². The van der Waals surface area contributed by atoms with Gasteiger partial charge in [0.1, 0.15) is 0 Å². The van der Waals surface area contributed by atoms with Gasteiger partial charge in [0.05, 0.1) is 12.6 Å². The Morgan fingerprint density at radius 1 is 1.60 bits per heavy atom. The molecular weight excluding hydrogens is 260 g/mol. The number of nitrogens with zero attached hydrogens (tertiary/aromatic N) is 4. The van der Waals surface area contributed by atoms with E-state index in [1.807, 2.05) is 6.92 Å². The SMILES string of the molecule is CCNC(CC(C)C)C(=O)N1CCOC1c1nn[nH]n1. The van der Waals surface area contributed by atoms with Crippen molar-refractivity contribution in [3.8, 4) is 0 Å². The second kappa shape index (κ2) is 6.76. The maximum Gasteiger partial charge on any atom is 0.242 e. The lowest BCUT2D eigenvalue weighted by atomic mass is 10.0. The molecule has 1 aliphatic heterocycles. The number of likely N-dealkylation sites (N-methyl/N-ethyl adjacent to an activating group) is 1. The minimum absolute atomic E-state index is 0.0350. The van der Waals surface area contributed by atoms with Crippen LogP contribution in [0.25, 0.3) is 0 Å². The molecule has 0 aliphatic carbocycles. The van der Waals surface area contributed by atoms with Gasteiger partial charge >= 0.3 is 0 Å². The Morgan fingerprint density at radius 2 is 2.40 bits per heavy atom. The summed E-state index contributed by atoms with van der Waals surface area (Å²) in [5.41, 5.74) is 0. The highest BCUT2D eigenvalue weighted by atomic mass is 16.5. The summed E-state index contributed by atoms with van der Waals surface area (Å²) >= 11 is 0. The minimum Gasteiger partial charge on any atom is -0.349 e. The normalized spacial score (nSPS) is 20.6. The molecule has 8 nitrogen and oxygen atoms in total. The fourth-order valence-corrected chi connectivity index (χ4v) is 2.37. The van der Waals surface area contributed by atoms with Crippen LogP contribution in [0.5, 0.6) is 0 Å². The third-order valence-corrected chi connectivity index (χ3v) is 3.21. The van der Waals surface area contributed by atoms with Crippen LogP contribution in [0.1, 0.15) is 39.2 Å². The number of carbonyl (C=O) groups is 1. The molecule has 1 aliphatic rings. The van der Waals surface area contributed by atoms with Crippen LogP contribution in [0.3, 0.4) is 0 Å². The summed E-state index contributed by atoms with van der Waals surface area (Å²) < 4.78 is 5.56. The number of aromatic nitrogens is 4. The number of hydrogen-bond donors (Lipinski definition) is 2. The van der Waals surface area contributed by atoms with Crippen molar-refractivity contribution in [3.63, 3.8) is 0 Å². The highest BCUT2D eigenvalue weighted by Gasteiger charge is 2.36. The van der Waals surface area contributed by atoms with Crippen molar-refractivity contribution in [2.45, 2.75) is 39.5 Å². The minimum atomic E-state index is -0.533. The lowest BCUT2D eigenvalue weighted by Crippen LogP contribution is -2.47. The molecule has 1 amide bonds. The van der Waals surface area contributed by atoms with Crippen LogP contribution in [0, 0.1) is 5.92 Å². The molecule has 1 aromatic heterocycles. The van der Waals surface area contributed by atoms with Crippen LogP contribution in [0.15, 0.2) is 0 Å². The Morgan fingerprint density at radius 3 is 3.00 bits per heavy atom. The average molecular weight is 282 g/mol. The lowest BCUT2D eigenvalue weighted by molar-refractivity contribution is -0.139. The second-order valence-corrected chi connectivity index (χ2v) is 5.26. The van der Waals surface area contributed by atoms with Gasteiger partial charge in [0.2, 0.25) is 11.7 Å². The molecule has 112 valence electrons. The molecule has 2 N–H and O–H groups in total. The van der Waals surface area contributed by atoms with Gasteiger partial charge in [-0.2, -0.15) is 5.21 Å². The van der Waals surface area contributed by atoms with E-state index in [1.165, 1.54) is 0 Å². The molecule has 2 atom stereocenters. The van der Waals surface area contributed by atoms with Gasteiger partial charge in [0.25, 0.3) is 0 Å². The molecule has 1 saturated heterocycles. The summed E-state index contributed by atoms with van der Waals surface area (Å²) in [7, 11) is 0. The van der Waals surface area contributed by atoms with Crippen molar-refractivity contribution in [2.24, 2.45) is 5.92 Å². The molecule has 2 rings (SSSR count).